The van der Waals surface area contributed by atoms with Gasteiger partial charge >= 0.3 is 0 Å². The molecule has 34 heavy (non-hydrogen) atoms. The molecule has 1 atom stereocenters. The number of hydrogen-bond acceptors (Lipinski definition) is 7. The Morgan fingerprint density at radius 1 is 1.00 bits per heavy atom. The van der Waals surface area contributed by atoms with Crippen LogP contribution in [-0.4, -0.2) is 37.4 Å². The summed E-state index contributed by atoms with van der Waals surface area (Å²) in [5.41, 5.74) is 1.31. The molecule has 0 fully saturated rings. The van der Waals surface area contributed by atoms with E-state index >= 15 is 0 Å². The van der Waals surface area contributed by atoms with E-state index in [1.165, 1.54) is 17.0 Å². The highest BCUT2D eigenvalue weighted by molar-refractivity contribution is 7.98. The summed E-state index contributed by atoms with van der Waals surface area (Å²) in [6.45, 7) is 0.190. The first kappa shape index (κ1) is 22.4. The Hall–Kier alpha value is -3.43. The Kier molecular flexibility index (Phi) is 5.75. The van der Waals surface area contributed by atoms with Crippen molar-refractivity contribution in [3.05, 3.63) is 94.6 Å². The Balaban J connectivity index is 1.60. The zero-order chi connectivity index (χ0) is 23.9. The summed E-state index contributed by atoms with van der Waals surface area (Å²) in [5.74, 6) is -0.344. The van der Waals surface area contributed by atoms with Crippen LogP contribution in [-0.2, 0) is 21.2 Å². The number of sulfone groups is 1. The highest BCUT2D eigenvalue weighted by Gasteiger charge is 2.46. The third-order valence-electron chi connectivity index (χ3n) is 5.82. The number of aliphatic hydroxyl groups is 1. The van der Waals surface area contributed by atoms with E-state index in [4.69, 9.17) is 9.47 Å². The van der Waals surface area contributed by atoms with Gasteiger partial charge in [0, 0.05) is 11.4 Å². The number of fused-ring (bicyclic) bond motifs is 1. The summed E-state index contributed by atoms with van der Waals surface area (Å²) in [4.78, 5) is 15.3. The molecule has 9 heteroatoms. The number of ether oxygens (including phenoxy) is 2. The lowest BCUT2D eigenvalue weighted by atomic mass is 10.1. The number of nitrogens with zero attached hydrogens (tertiary/aromatic N) is 1. The maximum absolute atomic E-state index is 13.6. The average molecular weight is 496 g/mol. The van der Waals surface area contributed by atoms with Crippen molar-refractivity contribution in [1.29, 1.82) is 0 Å². The van der Waals surface area contributed by atoms with Crippen LogP contribution in [0.25, 0.3) is 0 Å². The van der Waals surface area contributed by atoms with Crippen LogP contribution < -0.4 is 9.47 Å². The Bertz CT molecular complexity index is 1380. The van der Waals surface area contributed by atoms with Crippen LogP contribution in [0, 0.1) is 0 Å². The minimum atomic E-state index is -4.15. The summed E-state index contributed by atoms with van der Waals surface area (Å²) in [7, 11) is -4.15. The van der Waals surface area contributed by atoms with Gasteiger partial charge in [0.05, 0.1) is 10.9 Å². The molecule has 0 radical (unpaired) electrons. The summed E-state index contributed by atoms with van der Waals surface area (Å²) in [6.07, 6.45) is 1.94. The monoisotopic (exact) mass is 495 g/mol. The first-order valence-corrected chi connectivity index (χ1v) is 13.2. The number of amides is 1. The maximum Gasteiger partial charge on any atom is 0.290 e. The Morgan fingerprint density at radius 3 is 2.41 bits per heavy atom. The number of hydrogen-bond donors (Lipinski definition) is 1. The predicted molar refractivity (Wildman–Crippen MR) is 127 cm³/mol. The lowest BCUT2D eigenvalue weighted by Gasteiger charge is -2.27. The van der Waals surface area contributed by atoms with Crippen molar-refractivity contribution in [2.45, 2.75) is 22.4 Å². The summed E-state index contributed by atoms with van der Waals surface area (Å²) >= 11 is 1.55. The highest BCUT2D eigenvalue weighted by atomic mass is 32.2. The molecule has 0 bridgehead atoms. The zero-order valence-corrected chi connectivity index (χ0v) is 19.8. The fraction of sp³-hybridized carbons (Fsp3) is 0.160. The van der Waals surface area contributed by atoms with Crippen LogP contribution in [0.4, 0.5) is 0 Å². The van der Waals surface area contributed by atoms with Crippen molar-refractivity contribution < 1.29 is 27.8 Å². The second-order valence-corrected chi connectivity index (χ2v) is 10.6. The van der Waals surface area contributed by atoms with Gasteiger partial charge in [-0.1, -0.05) is 36.4 Å². The number of rotatable bonds is 6. The fourth-order valence-corrected chi connectivity index (χ4v) is 6.22. The minimum absolute atomic E-state index is 0.0139. The van der Waals surface area contributed by atoms with Crippen LogP contribution in [0.5, 0.6) is 11.5 Å². The molecule has 0 spiro atoms. The third kappa shape index (κ3) is 3.80. The summed E-state index contributed by atoms with van der Waals surface area (Å²) in [6, 6.07) is 19.4. The molecule has 0 saturated heterocycles. The van der Waals surface area contributed by atoms with Gasteiger partial charge in [-0.15, -0.1) is 11.8 Å². The fourth-order valence-electron chi connectivity index (χ4n) is 4.15. The van der Waals surface area contributed by atoms with Gasteiger partial charge in [-0.25, -0.2) is 8.42 Å². The second kappa shape index (κ2) is 8.73. The number of benzene rings is 3. The van der Waals surface area contributed by atoms with E-state index in [9.17, 15) is 18.3 Å². The highest BCUT2D eigenvalue weighted by Crippen LogP contribution is 2.44. The van der Waals surface area contributed by atoms with Crippen molar-refractivity contribution in [1.82, 2.24) is 4.90 Å². The van der Waals surface area contributed by atoms with Crippen molar-refractivity contribution in [2.75, 3.05) is 13.0 Å². The number of carbonyl (C=O) groups excluding carboxylic acids is 1. The smallest absolute Gasteiger partial charge is 0.290 e. The lowest BCUT2D eigenvalue weighted by Crippen LogP contribution is -2.30. The third-order valence-corrected chi connectivity index (χ3v) is 8.45. The molecular formula is C25H21NO6S2. The first-order chi connectivity index (χ1) is 16.4. The normalized spacial score (nSPS) is 17.5. The number of carbonyl (C=O) groups is 1. The SMILES string of the molecule is CSc1ccc(C2C(S(=O)(=O)c3ccccc3)=C(O)C(=O)N2Cc2ccc3c(c2)OCO3)cc1. The molecular weight excluding hydrogens is 474 g/mol. The standard InChI is InChI=1S/C25H21NO6S2/c1-33-18-10-8-17(9-11-18)22-24(34(29,30)19-5-3-2-4-6-19)23(27)25(28)26(22)14-16-7-12-20-21(13-16)32-15-31-20/h2-13,22,27H,14-15H2,1H3. The minimum Gasteiger partial charge on any atom is -0.502 e. The largest absolute Gasteiger partial charge is 0.502 e. The van der Waals surface area contributed by atoms with Crippen molar-refractivity contribution in [3.63, 3.8) is 0 Å². The molecule has 2 aliphatic rings. The van der Waals surface area contributed by atoms with Gasteiger partial charge in [0.15, 0.2) is 17.3 Å². The van der Waals surface area contributed by atoms with Crippen LogP contribution in [0.2, 0.25) is 0 Å². The van der Waals surface area contributed by atoms with E-state index in [0.29, 0.717) is 17.1 Å². The quantitative estimate of drug-likeness (QED) is 0.505. The molecule has 1 amide bonds. The molecule has 1 unspecified atom stereocenters. The van der Waals surface area contributed by atoms with Gasteiger partial charge in [-0.2, -0.15) is 0 Å². The first-order valence-electron chi connectivity index (χ1n) is 10.5. The number of thioether (sulfide) groups is 1. The van der Waals surface area contributed by atoms with E-state index < -0.39 is 27.5 Å². The topological polar surface area (TPSA) is 93.1 Å². The van der Waals surface area contributed by atoms with Gasteiger partial charge in [-0.3, -0.25) is 4.79 Å². The molecule has 1 N–H and O–H groups in total. The Labute approximate surface area is 201 Å². The van der Waals surface area contributed by atoms with Gasteiger partial charge in [0.1, 0.15) is 4.91 Å². The van der Waals surface area contributed by atoms with E-state index in [2.05, 4.69) is 0 Å². The van der Waals surface area contributed by atoms with Crippen molar-refractivity contribution in [3.8, 4) is 11.5 Å². The molecule has 5 rings (SSSR count). The zero-order valence-electron chi connectivity index (χ0n) is 18.2. The van der Waals surface area contributed by atoms with Gasteiger partial charge in [0.25, 0.3) is 5.91 Å². The van der Waals surface area contributed by atoms with Crippen LogP contribution in [0.3, 0.4) is 0 Å². The number of aliphatic hydroxyl groups excluding tert-OH is 1. The van der Waals surface area contributed by atoms with Gasteiger partial charge in [-0.05, 0) is 53.8 Å². The Morgan fingerprint density at radius 2 is 1.71 bits per heavy atom. The predicted octanol–water partition coefficient (Wildman–Crippen LogP) is 4.46. The molecule has 2 heterocycles. The molecule has 3 aromatic carbocycles. The van der Waals surface area contributed by atoms with Crippen LogP contribution in [0.15, 0.2) is 93.3 Å². The molecule has 0 saturated carbocycles. The van der Waals surface area contributed by atoms with Gasteiger partial charge in [0.2, 0.25) is 16.6 Å². The molecule has 3 aromatic rings. The van der Waals surface area contributed by atoms with E-state index in [-0.39, 0.29) is 23.1 Å². The van der Waals surface area contributed by atoms with Crippen LogP contribution in [0.1, 0.15) is 17.2 Å². The van der Waals surface area contributed by atoms with E-state index in [1.807, 2.05) is 18.4 Å². The van der Waals surface area contributed by atoms with Crippen molar-refractivity contribution in [2.24, 2.45) is 0 Å². The van der Waals surface area contributed by atoms with E-state index in [0.717, 1.165) is 10.5 Å². The molecule has 0 aromatic heterocycles. The molecule has 7 nitrogen and oxygen atoms in total. The van der Waals surface area contributed by atoms with Crippen LogP contribution >= 0.6 is 11.8 Å². The molecule has 0 aliphatic carbocycles. The van der Waals surface area contributed by atoms with Gasteiger partial charge < -0.3 is 19.5 Å². The maximum atomic E-state index is 13.6. The van der Waals surface area contributed by atoms with E-state index in [1.54, 1.807) is 60.3 Å². The summed E-state index contributed by atoms with van der Waals surface area (Å²) < 4.78 is 38.0. The average Bonchev–Trinajstić information content (AvgIpc) is 3.43. The second-order valence-electron chi connectivity index (χ2n) is 7.83. The lowest BCUT2D eigenvalue weighted by molar-refractivity contribution is -0.130. The summed E-state index contributed by atoms with van der Waals surface area (Å²) in [5, 5.41) is 10.9. The molecule has 2 aliphatic heterocycles. The van der Waals surface area contributed by atoms with Crippen molar-refractivity contribution >= 4 is 27.5 Å². The molecule has 174 valence electrons.